The number of ketones is 1. The average Bonchev–Trinajstić information content (AvgIpc) is 3.26. The van der Waals surface area contributed by atoms with E-state index in [4.69, 9.17) is 0 Å². The largest absolute Gasteiger partial charge is 0.385 e. The van der Waals surface area contributed by atoms with Crippen molar-refractivity contribution in [3.63, 3.8) is 0 Å². The van der Waals surface area contributed by atoms with Gasteiger partial charge < -0.3 is 5.11 Å². The molecule has 0 unspecified atom stereocenters. The molecule has 4 fully saturated rings. The summed E-state index contributed by atoms with van der Waals surface area (Å²) >= 11 is 0. The highest BCUT2D eigenvalue weighted by Gasteiger charge is 2.77. The van der Waals surface area contributed by atoms with Gasteiger partial charge in [-0.05, 0) is 97.5 Å². The second-order valence-electron chi connectivity index (χ2n) is 12.7. The van der Waals surface area contributed by atoms with Crippen molar-refractivity contribution in [2.45, 2.75) is 92.1 Å². The number of fused-ring (bicyclic) bond motifs is 4. The van der Waals surface area contributed by atoms with Gasteiger partial charge in [-0.1, -0.05) is 53.7 Å². The second kappa shape index (κ2) is 6.33. The Balaban J connectivity index is 1.47. The lowest BCUT2D eigenvalue weighted by Crippen LogP contribution is -2.58. The lowest BCUT2D eigenvalue weighted by Gasteiger charge is -2.58. The van der Waals surface area contributed by atoms with Crippen molar-refractivity contribution in [3.8, 4) is 0 Å². The summed E-state index contributed by atoms with van der Waals surface area (Å²) in [6, 6.07) is 0. The molecule has 2 heteroatoms. The zero-order valence-corrected chi connectivity index (χ0v) is 20.0. The van der Waals surface area contributed by atoms with Crippen LogP contribution in [0.5, 0.6) is 0 Å². The van der Waals surface area contributed by atoms with Crippen molar-refractivity contribution in [1.82, 2.24) is 0 Å². The van der Waals surface area contributed by atoms with Crippen molar-refractivity contribution >= 4 is 5.78 Å². The Kier molecular flexibility index (Phi) is 4.43. The first-order valence-corrected chi connectivity index (χ1v) is 12.7. The van der Waals surface area contributed by atoms with Crippen LogP contribution in [0.2, 0.25) is 0 Å². The Bertz CT molecular complexity index is 822. The first-order valence-electron chi connectivity index (χ1n) is 12.7. The van der Waals surface area contributed by atoms with Gasteiger partial charge in [0.15, 0.2) is 5.78 Å². The SMILES string of the molecule is CC(C)[C@@H](C)/C=C/[C@@H](C)[C@H]1CC[C@@]2(O)C3=CC(=O)[C@]45C[C@H]4CC[C@]5(C)[C@H]3CC[C@]12C. The molecule has 0 saturated heterocycles. The Morgan fingerprint density at radius 2 is 1.70 bits per heavy atom. The number of hydrogen-bond donors (Lipinski definition) is 1. The zero-order chi connectivity index (χ0) is 21.7. The normalized spacial score (nSPS) is 51.3. The van der Waals surface area contributed by atoms with Crippen LogP contribution in [0.3, 0.4) is 0 Å². The predicted octanol–water partition coefficient (Wildman–Crippen LogP) is 6.34. The zero-order valence-electron chi connectivity index (χ0n) is 20.0. The molecular formula is C28H42O2. The van der Waals surface area contributed by atoms with Gasteiger partial charge in [0.05, 0.1) is 5.60 Å². The third kappa shape index (κ3) is 2.33. The van der Waals surface area contributed by atoms with E-state index in [2.05, 4.69) is 53.7 Å². The summed E-state index contributed by atoms with van der Waals surface area (Å²) in [5.74, 6) is 3.58. The molecular weight excluding hydrogens is 368 g/mol. The molecule has 5 aliphatic rings. The smallest absolute Gasteiger partial charge is 0.162 e. The fraction of sp³-hybridized carbons (Fsp3) is 0.821. The molecule has 5 aliphatic carbocycles. The molecule has 0 amide bonds. The molecule has 0 aromatic carbocycles. The van der Waals surface area contributed by atoms with Gasteiger partial charge in [0.2, 0.25) is 0 Å². The number of hydrogen-bond acceptors (Lipinski definition) is 2. The highest BCUT2D eigenvalue weighted by atomic mass is 16.3. The van der Waals surface area contributed by atoms with Crippen LogP contribution in [0.15, 0.2) is 23.8 Å². The average molecular weight is 411 g/mol. The van der Waals surface area contributed by atoms with Crippen molar-refractivity contribution in [2.24, 2.45) is 51.8 Å². The summed E-state index contributed by atoms with van der Waals surface area (Å²) in [5, 5.41) is 12.3. The molecule has 4 saturated carbocycles. The maximum Gasteiger partial charge on any atom is 0.162 e. The van der Waals surface area contributed by atoms with E-state index in [1.165, 1.54) is 12.8 Å². The van der Waals surface area contributed by atoms with Crippen LogP contribution < -0.4 is 0 Å². The van der Waals surface area contributed by atoms with Crippen LogP contribution in [0, 0.1) is 51.8 Å². The van der Waals surface area contributed by atoms with Crippen LogP contribution >= 0.6 is 0 Å². The van der Waals surface area contributed by atoms with E-state index in [-0.39, 0.29) is 16.2 Å². The molecule has 0 aliphatic heterocycles. The molecule has 9 atom stereocenters. The van der Waals surface area contributed by atoms with Gasteiger partial charge in [-0.3, -0.25) is 4.79 Å². The first-order chi connectivity index (χ1) is 14.0. The standard InChI is InChI=1S/C28H42O2/c1-17(2)18(3)7-8-19(4)21-11-14-28(30)23-15-24(29)27-16-20(27)9-12-25(27,5)22(23)10-13-26(21,28)6/h7-8,15,17-22,30H,9-14,16H2,1-6H3/b8-7+/t18-,19+,20+,21+,22-,25+,26+,27-,28+/m0/s1. The maximum atomic E-state index is 13.4. The van der Waals surface area contributed by atoms with Crippen molar-refractivity contribution in [1.29, 1.82) is 0 Å². The number of aliphatic hydroxyl groups is 1. The van der Waals surface area contributed by atoms with Crippen LogP contribution in [-0.4, -0.2) is 16.5 Å². The molecule has 5 rings (SSSR count). The Labute approximate surface area is 183 Å². The van der Waals surface area contributed by atoms with Gasteiger partial charge in [0, 0.05) is 10.8 Å². The minimum Gasteiger partial charge on any atom is -0.385 e. The summed E-state index contributed by atoms with van der Waals surface area (Å²) in [6.45, 7) is 13.9. The summed E-state index contributed by atoms with van der Waals surface area (Å²) < 4.78 is 0. The van der Waals surface area contributed by atoms with E-state index in [0.717, 1.165) is 37.7 Å². The quantitative estimate of drug-likeness (QED) is 0.549. The Hall–Kier alpha value is -0.890. The van der Waals surface area contributed by atoms with Crippen molar-refractivity contribution in [3.05, 3.63) is 23.8 Å². The van der Waals surface area contributed by atoms with E-state index in [1.54, 1.807) is 0 Å². The molecule has 0 radical (unpaired) electrons. The molecule has 166 valence electrons. The predicted molar refractivity (Wildman–Crippen MR) is 122 cm³/mol. The Morgan fingerprint density at radius 1 is 1.00 bits per heavy atom. The van der Waals surface area contributed by atoms with Gasteiger partial charge in [-0.25, -0.2) is 0 Å². The molecule has 1 N–H and O–H groups in total. The van der Waals surface area contributed by atoms with Crippen molar-refractivity contribution < 1.29 is 9.90 Å². The van der Waals surface area contributed by atoms with E-state index < -0.39 is 5.60 Å². The maximum absolute atomic E-state index is 13.4. The number of carbonyl (C=O) groups excluding carboxylic acids is 1. The van der Waals surface area contributed by atoms with Gasteiger partial charge in [0.25, 0.3) is 0 Å². The number of allylic oxidation sites excluding steroid dienone is 3. The van der Waals surface area contributed by atoms with Crippen LogP contribution in [-0.2, 0) is 4.79 Å². The van der Waals surface area contributed by atoms with Gasteiger partial charge in [-0.2, -0.15) is 0 Å². The highest BCUT2D eigenvalue weighted by molar-refractivity contribution is 6.00. The summed E-state index contributed by atoms with van der Waals surface area (Å²) in [5.41, 5.74) is 0.247. The fourth-order valence-corrected chi connectivity index (χ4v) is 8.87. The van der Waals surface area contributed by atoms with Crippen LogP contribution in [0.1, 0.15) is 86.5 Å². The lowest BCUT2D eigenvalue weighted by atomic mass is 9.47. The highest BCUT2D eigenvalue weighted by Crippen LogP contribution is 2.80. The topological polar surface area (TPSA) is 37.3 Å². The van der Waals surface area contributed by atoms with E-state index >= 15 is 0 Å². The van der Waals surface area contributed by atoms with E-state index in [9.17, 15) is 9.90 Å². The second-order valence-corrected chi connectivity index (χ2v) is 12.7. The van der Waals surface area contributed by atoms with Crippen LogP contribution in [0.25, 0.3) is 0 Å². The summed E-state index contributed by atoms with van der Waals surface area (Å²) in [7, 11) is 0. The molecule has 0 aromatic heterocycles. The molecule has 30 heavy (non-hydrogen) atoms. The van der Waals surface area contributed by atoms with Gasteiger partial charge in [-0.15, -0.1) is 0 Å². The molecule has 0 heterocycles. The van der Waals surface area contributed by atoms with E-state index in [1.807, 2.05) is 6.08 Å². The molecule has 0 aromatic rings. The fourth-order valence-electron chi connectivity index (χ4n) is 8.87. The summed E-state index contributed by atoms with van der Waals surface area (Å²) in [6.07, 6.45) is 14.4. The minimum atomic E-state index is -0.792. The van der Waals surface area contributed by atoms with Gasteiger partial charge >= 0.3 is 0 Å². The molecule has 0 bridgehead atoms. The minimum absolute atomic E-state index is 0.0632. The van der Waals surface area contributed by atoms with Gasteiger partial charge in [0.1, 0.15) is 0 Å². The Morgan fingerprint density at radius 3 is 2.37 bits per heavy atom. The lowest BCUT2D eigenvalue weighted by molar-refractivity contribution is -0.134. The third-order valence-corrected chi connectivity index (χ3v) is 11.4. The molecule has 1 spiro atoms. The number of carbonyl (C=O) groups is 1. The summed E-state index contributed by atoms with van der Waals surface area (Å²) in [4.78, 5) is 13.4. The van der Waals surface area contributed by atoms with E-state index in [0.29, 0.717) is 41.3 Å². The van der Waals surface area contributed by atoms with Crippen LogP contribution in [0.4, 0.5) is 0 Å². The monoisotopic (exact) mass is 410 g/mol. The van der Waals surface area contributed by atoms with Crippen molar-refractivity contribution in [2.75, 3.05) is 0 Å². The first kappa shape index (κ1) is 21.0. The third-order valence-electron chi connectivity index (χ3n) is 11.4. The number of rotatable bonds is 4. The molecule has 2 nitrogen and oxygen atoms in total.